The Bertz CT molecular complexity index is 645. The molecule has 0 aliphatic carbocycles. The molecule has 1 saturated heterocycles. The van der Waals surface area contributed by atoms with Gasteiger partial charge in [0.25, 0.3) is 5.91 Å². The van der Waals surface area contributed by atoms with E-state index in [2.05, 4.69) is 10.1 Å². The molecule has 0 saturated carbocycles. The molecular weight excluding hydrogens is 248 g/mol. The minimum atomic E-state index is -0.822. The fourth-order valence-corrected chi connectivity index (χ4v) is 2.28. The molecule has 7 heteroatoms. The van der Waals surface area contributed by atoms with Gasteiger partial charge in [-0.1, -0.05) is 0 Å². The van der Waals surface area contributed by atoms with E-state index in [0.717, 1.165) is 0 Å². The van der Waals surface area contributed by atoms with Crippen LogP contribution in [0.3, 0.4) is 0 Å². The van der Waals surface area contributed by atoms with E-state index < -0.39 is 5.97 Å². The third kappa shape index (κ3) is 2.03. The summed E-state index contributed by atoms with van der Waals surface area (Å²) in [5.74, 6) is -0.886. The van der Waals surface area contributed by atoms with Crippen LogP contribution in [0.2, 0.25) is 0 Å². The van der Waals surface area contributed by atoms with Crippen molar-refractivity contribution in [2.24, 2.45) is 5.92 Å². The van der Waals surface area contributed by atoms with Crippen molar-refractivity contribution >= 4 is 17.4 Å². The molecule has 0 bridgehead atoms. The second-order valence-electron chi connectivity index (χ2n) is 4.64. The van der Waals surface area contributed by atoms with E-state index in [-0.39, 0.29) is 18.2 Å². The zero-order chi connectivity index (χ0) is 13.4. The zero-order valence-electron chi connectivity index (χ0n) is 10.1. The van der Waals surface area contributed by atoms with Gasteiger partial charge in [0.15, 0.2) is 0 Å². The Labute approximate surface area is 108 Å². The number of likely N-dealkylation sites (tertiary alicyclic amines) is 1. The normalized spacial score (nSPS) is 15.5. The number of carboxylic acids is 1. The second kappa shape index (κ2) is 4.34. The first-order valence-corrected chi connectivity index (χ1v) is 5.93. The van der Waals surface area contributed by atoms with Crippen LogP contribution in [0, 0.1) is 5.92 Å². The maximum atomic E-state index is 12.2. The molecular formula is C12H12N4O3. The van der Waals surface area contributed by atoms with E-state index >= 15 is 0 Å². The molecule has 2 aromatic rings. The lowest BCUT2D eigenvalue weighted by Crippen LogP contribution is -2.50. The van der Waals surface area contributed by atoms with Gasteiger partial charge in [-0.25, -0.2) is 4.52 Å². The van der Waals surface area contributed by atoms with E-state index in [1.807, 2.05) is 0 Å². The Kier molecular flexibility index (Phi) is 2.66. The lowest BCUT2D eigenvalue weighted by molar-refractivity contribution is -0.139. The number of rotatable bonds is 3. The summed E-state index contributed by atoms with van der Waals surface area (Å²) in [6, 6.07) is 0. The number of aromatic nitrogens is 3. The number of amides is 1. The largest absolute Gasteiger partial charge is 0.481 e. The molecule has 0 unspecified atom stereocenters. The zero-order valence-corrected chi connectivity index (χ0v) is 10.1. The van der Waals surface area contributed by atoms with Gasteiger partial charge >= 0.3 is 5.97 Å². The number of nitrogens with zero attached hydrogens (tertiary/aromatic N) is 4. The van der Waals surface area contributed by atoms with Crippen molar-refractivity contribution in [3.05, 3.63) is 30.4 Å². The fraction of sp³-hybridized carbons (Fsp3) is 0.333. The van der Waals surface area contributed by atoms with Crippen LogP contribution >= 0.6 is 0 Å². The van der Waals surface area contributed by atoms with E-state index in [1.54, 1.807) is 28.0 Å². The third-order valence-electron chi connectivity index (χ3n) is 3.26. The lowest BCUT2D eigenvalue weighted by atomic mass is 9.95. The van der Waals surface area contributed by atoms with Crippen LogP contribution in [0.1, 0.15) is 16.8 Å². The Morgan fingerprint density at radius 2 is 2.16 bits per heavy atom. The van der Waals surface area contributed by atoms with Crippen LogP contribution in [0.4, 0.5) is 0 Å². The van der Waals surface area contributed by atoms with Crippen LogP contribution in [0.5, 0.6) is 0 Å². The molecule has 19 heavy (non-hydrogen) atoms. The van der Waals surface area contributed by atoms with E-state index in [0.29, 0.717) is 24.2 Å². The highest BCUT2D eigenvalue weighted by Crippen LogP contribution is 2.22. The molecule has 98 valence electrons. The molecule has 1 amide bonds. The molecule has 0 atom stereocenters. The molecule has 7 nitrogen and oxygen atoms in total. The van der Waals surface area contributed by atoms with Gasteiger partial charge in [0.2, 0.25) is 0 Å². The summed E-state index contributed by atoms with van der Waals surface area (Å²) in [5.41, 5.74) is 1.16. The van der Waals surface area contributed by atoms with Crippen molar-refractivity contribution in [2.45, 2.75) is 6.42 Å². The number of fused-ring (bicyclic) bond motifs is 1. The van der Waals surface area contributed by atoms with Crippen LogP contribution in [-0.2, 0) is 4.79 Å². The highest BCUT2D eigenvalue weighted by Gasteiger charge is 2.33. The first-order valence-electron chi connectivity index (χ1n) is 5.93. The van der Waals surface area contributed by atoms with E-state index in [4.69, 9.17) is 5.11 Å². The van der Waals surface area contributed by atoms with Crippen LogP contribution in [0.15, 0.2) is 24.8 Å². The minimum absolute atomic E-state index is 0.0569. The number of carbonyl (C=O) groups is 2. The predicted octanol–water partition coefficient (Wildman–Crippen LogP) is 0.276. The Balaban J connectivity index is 1.74. The maximum Gasteiger partial charge on any atom is 0.303 e. The maximum absolute atomic E-state index is 12.2. The Hall–Kier alpha value is -2.44. The monoisotopic (exact) mass is 260 g/mol. The number of hydrogen-bond acceptors (Lipinski definition) is 4. The lowest BCUT2D eigenvalue weighted by Gasteiger charge is -2.38. The number of carbonyl (C=O) groups excluding carboxylic acids is 1. The highest BCUT2D eigenvalue weighted by molar-refractivity contribution is 6.00. The van der Waals surface area contributed by atoms with Gasteiger partial charge in [-0.15, -0.1) is 0 Å². The predicted molar refractivity (Wildman–Crippen MR) is 64.6 cm³/mol. The smallest absolute Gasteiger partial charge is 0.303 e. The van der Waals surface area contributed by atoms with E-state index in [9.17, 15) is 9.59 Å². The van der Waals surface area contributed by atoms with Crippen molar-refractivity contribution in [1.82, 2.24) is 19.5 Å². The van der Waals surface area contributed by atoms with Crippen LogP contribution < -0.4 is 0 Å². The molecule has 3 rings (SSSR count). The topological polar surface area (TPSA) is 87.8 Å². The van der Waals surface area contributed by atoms with Gasteiger partial charge in [-0.2, -0.15) is 5.10 Å². The molecule has 0 spiro atoms. The van der Waals surface area contributed by atoms with Gasteiger partial charge < -0.3 is 10.0 Å². The Morgan fingerprint density at radius 3 is 2.89 bits per heavy atom. The molecule has 1 aliphatic rings. The molecule has 1 fully saturated rings. The van der Waals surface area contributed by atoms with Crippen molar-refractivity contribution < 1.29 is 14.7 Å². The standard InChI is InChI=1S/C12H12N4O3/c17-11(18)3-8-6-15(7-8)12(19)9-4-14-16-2-1-13-5-10(9)16/h1-2,4-5,8H,3,6-7H2,(H,17,18). The summed E-state index contributed by atoms with van der Waals surface area (Å²) in [6.45, 7) is 0.978. The first kappa shape index (κ1) is 11.6. The van der Waals surface area contributed by atoms with Gasteiger partial charge in [-0.3, -0.25) is 14.6 Å². The van der Waals surface area contributed by atoms with Gasteiger partial charge in [0.05, 0.1) is 29.9 Å². The average Bonchev–Trinajstić information content (AvgIpc) is 2.76. The van der Waals surface area contributed by atoms with E-state index in [1.165, 1.54) is 6.20 Å². The number of hydrogen-bond donors (Lipinski definition) is 1. The minimum Gasteiger partial charge on any atom is -0.481 e. The third-order valence-corrected chi connectivity index (χ3v) is 3.26. The van der Waals surface area contributed by atoms with Gasteiger partial charge in [0, 0.05) is 31.4 Å². The van der Waals surface area contributed by atoms with Crippen LogP contribution in [0.25, 0.3) is 5.52 Å². The van der Waals surface area contributed by atoms with Crippen molar-refractivity contribution in [3.63, 3.8) is 0 Å². The summed E-state index contributed by atoms with van der Waals surface area (Å²) < 4.78 is 1.59. The number of aliphatic carboxylic acids is 1. The molecule has 1 N–H and O–H groups in total. The molecule has 1 aliphatic heterocycles. The fourth-order valence-electron chi connectivity index (χ4n) is 2.28. The van der Waals surface area contributed by atoms with Crippen molar-refractivity contribution in [2.75, 3.05) is 13.1 Å². The summed E-state index contributed by atoms with van der Waals surface area (Å²) in [5, 5.41) is 12.8. The molecule has 2 aromatic heterocycles. The quantitative estimate of drug-likeness (QED) is 0.856. The SMILES string of the molecule is O=C(O)CC1CN(C(=O)c2cnn3ccncc23)C1. The summed E-state index contributed by atoms with van der Waals surface area (Å²) in [4.78, 5) is 28.4. The summed E-state index contributed by atoms with van der Waals surface area (Å²) in [6.07, 6.45) is 6.49. The molecule has 3 heterocycles. The average molecular weight is 260 g/mol. The summed E-state index contributed by atoms with van der Waals surface area (Å²) >= 11 is 0. The highest BCUT2D eigenvalue weighted by atomic mass is 16.4. The Morgan fingerprint density at radius 1 is 1.37 bits per heavy atom. The molecule has 0 aromatic carbocycles. The van der Waals surface area contributed by atoms with Crippen molar-refractivity contribution in [3.8, 4) is 0 Å². The number of carboxylic acid groups (broad SMARTS) is 1. The first-order chi connectivity index (χ1) is 9.15. The van der Waals surface area contributed by atoms with Crippen LogP contribution in [-0.4, -0.2) is 49.6 Å². The van der Waals surface area contributed by atoms with Crippen molar-refractivity contribution in [1.29, 1.82) is 0 Å². The van der Waals surface area contributed by atoms with Gasteiger partial charge in [0.1, 0.15) is 0 Å². The molecule has 0 radical (unpaired) electrons. The van der Waals surface area contributed by atoms with Gasteiger partial charge in [-0.05, 0) is 0 Å². The second-order valence-corrected chi connectivity index (χ2v) is 4.64. The summed E-state index contributed by atoms with van der Waals surface area (Å²) in [7, 11) is 0.